The highest BCUT2D eigenvalue weighted by molar-refractivity contribution is 14.1. The molecule has 0 spiro atoms. The average molecular weight is 450 g/mol. The van der Waals surface area contributed by atoms with Gasteiger partial charge in [0, 0.05) is 28.3 Å². The van der Waals surface area contributed by atoms with Crippen LogP contribution in [0.2, 0.25) is 0 Å². The van der Waals surface area contributed by atoms with Crippen LogP contribution in [0.5, 0.6) is 11.5 Å². The van der Waals surface area contributed by atoms with E-state index < -0.39 is 0 Å². The molecule has 1 saturated heterocycles. The van der Waals surface area contributed by atoms with Crippen LogP contribution in [-0.4, -0.2) is 25.2 Å². The number of hydrogen-bond acceptors (Lipinski definition) is 4. The van der Waals surface area contributed by atoms with E-state index in [9.17, 15) is 9.59 Å². The number of benzene rings is 2. The van der Waals surface area contributed by atoms with E-state index in [1.165, 1.54) is 0 Å². The summed E-state index contributed by atoms with van der Waals surface area (Å²) in [5.74, 6) is 0.705. The zero-order valence-electron chi connectivity index (χ0n) is 13.2. The van der Waals surface area contributed by atoms with E-state index in [1.54, 1.807) is 17.0 Å². The van der Waals surface area contributed by atoms with Gasteiger partial charge in [-0.05, 0) is 46.9 Å². The minimum Gasteiger partial charge on any atom is -0.454 e. The van der Waals surface area contributed by atoms with Gasteiger partial charge >= 0.3 is 0 Å². The van der Waals surface area contributed by atoms with Crippen LogP contribution >= 0.6 is 22.6 Å². The third kappa shape index (κ3) is 3.15. The first-order chi connectivity index (χ1) is 12.1. The first-order valence-corrected chi connectivity index (χ1v) is 8.95. The van der Waals surface area contributed by atoms with Crippen LogP contribution in [0.25, 0.3) is 0 Å². The standard InChI is InChI=1S/C18H15IN2O4/c19-13-3-1-2-4-14(13)20-18(23)11-7-17(22)21(9-11)12-5-6-15-16(8-12)25-10-24-15/h1-6,8,11H,7,9-10H2,(H,20,23). The van der Waals surface area contributed by atoms with Gasteiger partial charge in [-0.1, -0.05) is 12.1 Å². The van der Waals surface area contributed by atoms with Crippen molar-refractivity contribution in [2.45, 2.75) is 6.42 Å². The van der Waals surface area contributed by atoms with Gasteiger partial charge in [0.05, 0.1) is 11.6 Å². The minimum atomic E-state index is -0.381. The molecule has 0 aliphatic carbocycles. The molecule has 25 heavy (non-hydrogen) atoms. The molecule has 1 N–H and O–H groups in total. The number of para-hydroxylation sites is 1. The summed E-state index contributed by atoms with van der Waals surface area (Å²) in [6, 6.07) is 12.9. The smallest absolute Gasteiger partial charge is 0.231 e. The van der Waals surface area contributed by atoms with E-state index in [1.807, 2.05) is 30.3 Å². The van der Waals surface area contributed by atoms with Gasteiger partial charge < -0.3 is 19.7 Å². The normalized spacial score (nSPS) is 18.5. The molecule has 0 aromatic heterocycles. The Morgan fingerprint density at radius 3 is 2.80 bits per heavy atom. The van der Waals surface area contributed by atoms with E-state index in [0.717, 1.165) is 14.9 Å². The zero-order valence-corrected chi connectivity index (χ0v) is 15.4. The number of nitrogens with one attached hydrogen (secondary N) is 1. The molecular formula is C18H15IN2O4. The second-order valence-corrected chi connectivity index (χ2v) is 7.07. The number of anilines is 2. The Labute approximate surface area is 158 Å². The lowest BCUT2D eigenvalue weighted by Crippen LogP contribution is -2.28. The number of hydrogen-bond donors (Lipinski definition) is 1. The highest BCUT2D eigenvalue weighted by Gasteiger charge is 2.35. The number of rotatable bonds is 3. The van der Waals surface area contributed by atoms with Gasteiger partial charge in [0.2, 0.25) is 18.6 Å². The van der Waals surface area contributed by atoms with Crippen molar-refractivity contribution >= 4 is 45.8 Å². The van der Waals surface area contributed by atoms with Crippen molar-refractivity contribution in [3.63, 3.8) is 0 Å². The fraction of sp³-hybridized carbons (Fsp3) is 0.222. The van der Waals surface area contributed by atoms with Crippen molar-refractivity contribution in [3.8, 4) is 11.5 Å². The average Bonchev–Trinajstić information content (AvgIpc) is 3.22. The Hall–Kier alpha value is -2.29. The van der Waals surface area contributed by atoms with E-state index in [2.05, 4.69) is 27.9 Å². The molecule has 1 atom stereocenters. The Kier molecular flexibility index (Phi) is 4.24. The third-order valence-electron chi connectivity index (χ3n) is 4.30. The van der Waals surface area contributed by atoms with E-state index >= 15 is 0 Å². The molecule has 2 aromatic rings. The molecule has 1 fully saturated rings. The monoisotopic (exact) mass is 450 g/mol. The molecule has 2 aliphatic heterocycles. The number of carbonyl (C=O) groups excluding carboxylic acids is 2. The van der Waals surface area contributed by atoms with Crippen LogP contribution in [0.3, 0.4) is 0 Å². The number of halogens is 1. The lowest BCUT2D eigenvalue weighted by Gasteiger charge is -2.17. The van der Waals surface area contributed by atoms with Crippen molar-refractivity contribution in [3.05, 3.63) is 46.0 Å². The van der Waals surface area contributed by atoms with Crippen LogP contribution in [0.15, 0.2) is 42.5 Å². The molecule has 6 nitrogen and oxygen atoms in total. The summed E-state index contributed by atoms with van der Waals surface area (Å²) in [6.07, 6.45) is 0.198. The fourth-order valence-electron chi connectivity index (χ4n) is 2.98. The SMILES string of the molecule is O=C(Nc1ccccc1I)C1CC(=O)N(c2ccc3c(c2)OCO3)C1. The highest BCUT2D eigenvalue weighted by Crippen LogP contribution is 2.37. The molecule has 128 valence electrons. The van der Waals surface area contributed by atoms with Gasteiger partial charge in [0.1, 0.15) is 0 Å². The predicted molar refractivity (Wildman–Crippen MR) is 101 cm³/mol. The first-order valence-electron chi connectivity index (χ1n) is 7.87. The van der Waals surface area contributed by atoms with Crippen LogP contribution in [0, 0.1) is 9.49 Å². The van der Waals surface area contributed by atoms with E-state index in [0.29, 0.717) is 18.0 Å². The molecule has 2 aliphatic rings. The molecule has 0 radical (unpaired) electrons. The van der Waals surface area contributed by atoms with Crippen molar-refractivity contribution < 1.29 is 19.1 Å². The summed E-state index contributed by atoms with van der Waals surface area (Å²) in [6.45, 7) is 0.543. The van der Waals surface area contributed by atoms with Gasteiger partial charge in [0.15, 0.2) is 11.5 Å². The lowest BCUT2D eigenvalue weighted by molar-refractivity contribution is -0.122. The van der Waals surface area contributed by atoms with Crippen molar-refractivity contribution in [1.82, 2.24) is 0 Å². The molecule has 1 unspecified atom stereocenters. The van der Waals surface area contributed by atoms with Gasteiger partial charge in [-0.15, -0.1) is 0 Å². The van der Waals surface area contributed by atoms with Crippen molar-refractivity contribution in [2.24, 2.45) is 5.92 Å². The molecular weight excluding hydrogens is 435 g/mol. The van der Waals surface area contributed by atoms with Crippen molar-refractivity contribution in [1.29, 1.82) is 0 Å². The summed E-state index contributed by atoms with van der Waals surface area (Å²) < 4.78 is 11.6. The van der Waals surface area contributed by atoms with Gasteiger partial charge in [-0.25, -0.2) is 0 Å². The maximum atomic E-state index is 12.5. The minimum absolute atomic E-state index is 0.0678. The van der Waals surface area contributed by atoms with E-state index in [-0.39, 0.29) is 30.9 Å². The van der Waals surface area contributed by atoms with Crippen LogP contribution < -0.4 is 19.7 Å². The lowest BCUT2D eigenvalue weighted by atomic mass is 10.1. The quantitative estimate of drug-likeness (QED) is 0.731. The van der Waals surface area contributed by atoms with Crippen LogP contribution in [0.4, 0.5) is 11.4 Å². The van der Waals surface area contributed by atoms with Crippen LogP contribution in [-0.2, 0) is 9.59 Å². The number of carbonyl (C=O) groups is 2. The number of ether oxygens (including phenoxy) is 2. The second-order valence-electron chi connectivity index (χ2n) is 5.91. The van der Waals surface area contributed by atoms with Crippen LogP contribution in [0.1, 0.15) is 6.42 Å². The van der Waals surface area contributed by atoms with Gasteiger partial charge in [-0.3, -0.25) is 9.59 Å². The molecule has 2 aromatic carbocycles. The molecule has 2 heterocycles. The van der Waals surface area contributed by atoms with Gasteiger partial charge in [0.25, 0.3) is 0 Å². The molecule has 4 rings (SSSR count). The third-order valence-corrected chi connectivity index (χ3v) is 5.24. The number of amides is 2. The fourth-order valence-corrected chi connectivity index (χ4v) is 3.51. The summed E-state index contributed by atoms with van der Waals surface area (Å²) in [5, 5.41) is 2.92. The topological polar surface area (TPSA) is 67.9 Å². The Morgan fingerprint density at radius 2 is 1.96 bits per heavy atom. The number of nitrogens with zero attached hydrogens (tertiary/aromatic N) is 1. The maximum absolute atomic E-state index is 12.5. The predicted octanol–water partition coefficient (Wildman–Crippen LogP) is 3.01. The highest BCUT2D eigenvalue weighted by atomic mass is 127. The Bertz CT molecular complexity index is 855. The number of fused-ring (bicyclic) bond motifs is 1. The largest absolute Gasteiger partial charge is 0.454 e. The van der Waals surface area contributed by atoms with Gasteiger partial charge in [-0.2, -0.15) is 0 Å². The second kappa shape index (κ2) is 6.55. The molecule has 7 heteroatoms. The zero-order chi connectivity index (χ0) is 17.4. The Balaban J connectivity index is 1.48. The summed E-state index contributed by atoms with van der Waals surface area (Å²) in [4.78, 5) is 26.5. The summed E-state index contributed by atoms with van der Waals surface area (Å²) in [5.41, 5.74) is 1.49. The maximum Gasteiger partial charge on any atom is 0.231 e. The molecule has 0 bridgehead atoms. The Morgan fingerprint density at radius 1 is 1.16 bits per heavy atom. The van der Waals surface area contributed by atoms with Crippen molar-refractivity contribution in [2.75, 3.05) is 23.6 Å². The first kappa shape index (κ1) is 16.2. The summed E-state index contributed by atoms with van der Waals surface area (Å²) >= 11 is 2.17. The summed E-state index contributed by atoms with van der Waals surface area (Å²) in [7, 11) is 0. The molecule has 0 saturated carbocycles. The molecule has 2 amide bonds. The van der Waals surface area contributed by atoms with E-state index in [4.69, 9.17) is 9.47 Å².